The van der Waals surface area contributed by atoms with Crippen molar-refractivity contribution in [2.45, 2.75) is 65.7 Å². The maximum absolute atomic E-state index is 12.3. The van der Waals surface area contributed by atoms with E-state index in [4.69, 9.17) is 18.9 Å². The normalized spacial score (nSPS) is 11.5. The van der Waals surface area contributed by atoms with Gasteiger partial charge in [0.05, 0.1) is 13.2 Å². The number of hydrogen-bond donors (Lipinski definition) is 0. The molecule has 3 aromatic rings. The zero-order chi connectivity index (χ0) is 26.1. The Hall–Kier alpha value is -3.28. The molecule has 0 saturated heterocycles. The molecule has 0 aliphatic carbocycles. The summed E-state index contributed by atoms with van der Waals surface area (Å²) >= 11 is 0. The Morgan fingerprint density at radius 3 is 1.64 bits per heavy atom. The van der Waals surface area contributed by atoms with Crippen LogP contribution in [-0.2, 0) is 24.5 Å². The Balaban J connectivity index is 2.04. The van der Waals surface area contributed by atoms with Gasteiger partial charge in [0.1, 0.15) is 11.5 Å². The van der Waals surface area contributed by atoms with Crippen molar-refractivity contribution in [1.82, 2.24) is 0 Å². The summed E-state index contributed by atoms with van der Waals surface area (Å²) in [5.41, 5.74) is 1.02. The average Bonchev–Trinajstić information content (AvgIpc) is 2.85. The van der Waals surface area contributed by atoms with Crippen LogP contribution >= 0.6 is 0 Å². The predicted octanol–water partition coefficient (Wildman–Crippen LogP) is 6.73. The lowest BCUT2D eigenvalue weighted by Gasteiger charge is -2.22. The van der Waals surface area contributed by atoms with Crippen molar-refractivity contribution >= 4 is 33.5 Å². The van der Waals surface area contributed by atoms with Crippen LogP contribution in [-0.4, -0.2) is 38.4 Å². The van der Waals surface area contributed by atoms with E-state index in [1.54, 1.807) is 0 Å². The fraction of sp³-hybridized carbons (Fsp3) is 0.467. The molecule has 0 spiro atoms. The molecule has 0 aromatic heterocycles. The van der Waals surface area contributed by atoms with Crippen LogP contribution in [0.25, 0.3) is 21.5 Å². The van der Waals surface area contributed by atoms with Crippen molar-refractivity contribution in [3.05, 3.63) is 48.0 Å². The third-order valence-corrected chi connectivity index (χ3v) is 5.98. The minimum absolute atomic E-state index is 0.0969. The van der Waals surface area contributed by atoms with Crippen LogP contribution in [0.2, 0.25) is 0 Å². The fourth-order valence-electron chi connectivity index (χ4n) is 3.88. The lowest BCUT2D eigenvalue weighted by molar-refractivity contribution is -0.146. The van der Waals surface area contributed by atoms with Gasteiger partial charge in [-0.15, -0.1) is 0 Å². The van der Waals surface area contributed by atoms with Crippen LogP contribution in [0.5, 0.6) is 11.5 Å². The molecule has 0 atom stereocenters. The fourth-order valence-corrected chi connectivity index (χ4v) is 3.88. The van der Waals surface area contributed by atoms with Gasteiger partial charge in [-0.3, -0.25) is 0 Å². The molecule has 0 amide bonds. The Labute approximate surface area is 213 Å². The third kappa shape index (κ3) is 6.90. The maximum Gasteiger partial charge on any atom is 0.344 e. The van der Waals surface area contributed by atoms with E-state index in [-0.39, 0.29) is 18.6 Å². The van der Waals surface area contributed by atoms with Crippen LogP contribution < -0.4 is 9.47 Å². The minimum atomic E-state index is -0.401. The molecule has 0 fully saturated rings. The minimum Gasteiger partial charge on any atom is -0.481 e. The number of unbranched alkanes of at least 4 members (excludes halogenated alkanes) is 2. The molecule has 0 radical (unpaired) electrons. The van der Waals surface area contributed by atoms with Crippen molar-refractivity contribution in [3.63, 3.8) is 0 Å². The lowest BCUT2D eigenvalue weighted by Crippen LogP contribution is -2.17. The zero-order valence-corrected chi connectivity index (χ0v) is 22.1. The van der Waals surface area contributed by atoms with Gasteiger partial charge in [-0.05, 0) is 29.9 Å². The molecule has 0 heterocycles. The summed E-state index contributed by atoms with van der Waals surface area (Å²) in [6, 6.07) is 13.8. The summed E-state index contributed by atoms with van der Waals surface area (Å²) in [5.74, 6) is 0.383. The molecule has 0 aliphatic heterocycles. The highest BCUT2D eigenvalue weighted by atomic mass is 16.6. The Bertz CT molecular complexity index is 1190. The van der Waals surface area contributed by atoms with Gasteiger partial charge < -0.3 is 18.9 Å². The number of benzene rings is 3. The topological polar surface area (TPSA) is 71.1 Å². The summed E-state index contributed by atoms with van der Waals surface area (Å²) in [6.45, 7) is 10.9. The summed E-state index contributed by atoms with van der Waals surface area (Å²) in [5, 5.41) is 3.21. The SMILES string of the molecule is CCCCOC(=O)COc1c2ccccc2c(OCC(=O)OCCCC)c2cc(C(C)(C)C)ccc12. The lowest BCUT2D eigenvalue weighted by atomic mass is 9.85. The Kier molecular flexibility index (Phi) is 9.57. The largest absolute Gasteiger partial charge is 0.481 e. The van der Waals surface area contributed by atoms with Crippen LogP contribution in [0.15, 0.2) is 42.5 Å². The molecule has 6 heteroatoms. The van der Waals surface area contributed by atoms with Crippen molar-refractivity contribution in [2.75, 3.05) is 26.4 Å². The second-order valence-electron chi connectivity index (χ2n) is 9.94. The first-order chi connectivity index (χ1) is 17.3. The van der Waals surface area contributed by atoms with Gasteiger partial charge in [-0.25, -0.2) is 9.59 Å². The van der Waals surface area contributed by atoms with Crippen LogP contribution in [0.3, 0.4) is 0 Å². The molecule has 3 rings (SSSR count). The highest BCUT2D eigenvalue weighted by Crippen LogP contribution is 2.44. The molecule has 0 aliphatic rings. The molecule has 3 aromatic carbocycles. The first-order valence-electron chi connectivity index (χ1n) is 12.8. The Morgan fingerprint density at radius 1 is 0.694 bits per heavy atom. The maximum atomic E-state index is 12.3. The zero-order valence-electron chi connectivity index (χ0n) is 22.1. The van der Waals surface area contributed by atoms with Crippen LogP contribution in [0, 0.1) is 0 Å². The van der Waals surface area contributed by atoms with Gasteiger partial charge in [-0.2, -0.15) is 0 Å². The first-order valence-corrected chi connectivity index (χ1v) is 12.8. The molecule has 0 bridgehead atoms. The summed E-state index contributed by atoms with van der Waals surface area (Å²) in [7, 11) is 0. The van der Waals surface area contributed by atoms with Crippen molar-refractivity contribution in [2.24, 2.45) is 0 Å². The summed E-state index contributed by atoms with van der Waals surface area (Å²) in [4.78, 5) is 24.6. The molecular weight excluding hydrogens is 456 g/mol. The smallest absolute Gasteiger partial charge is 0.344 e. The number of rotatable bonds is 12. The number of ether oxygens (including phenoxy) is 4. The van der Waals surface area contributed by atoms with Crippen molar-refractivity contribution in [1.29, 1.82) is 0 Å². The van der Waals surface area contributed by atoms with Gasteiger partial charge in [0.15, 0.2) is 13.2 Å². The van der Waals surface area contributed by atoms with E-state index in [1.165, 1.54) is 0 Å². The molecule has 0 saturated carbocycles. The monoisotopic (exact) mass is 494 g/mol. The highest BCUT2D eigenvalue weighted by Gasteiger charge is 2.21. The number of fused-ring (bicyclic) bond motifs is 2. The number of carbonyl (C=O) groups is 2. The van der Waals surface area contributed by atoms with E-state index in [0.29, 0.717) is 24.7 Å². The van der Waals surface area contributed by atoms with E-state index in [2.05, 4.69) is 32.9 Å². The molecule has 36 heavy (non-hydrogen) atoms. The third-order valence-electron chi connectivity index (χ3n) is 5.98. The van der Waals surface area contributed by atoms with E-state index < -0.39 is 11.9 Å². The molecule has 0 N–H and O–H groups in total. The predicted molar refractivity (Wildman–Crippen MR) is 143 cm³/mol. The second-order valence-corrected chi connectivity index (χ2v) is 9.94. The molecular formula is C30H38O6. The van der Waals surface area contributed by atoms with E-state index >= 15 is 0 Å². The van der Waals surface area contributed by atoms with Crippen molar-refractivity contribution < 1.29 is 28.5 Å². The van der Waals surface area contributed by atoms with Crippen LogP contribution in [0.1, 0.15) is 65.9 Å². The molecule has 194 valence electrons. The number of esters is 2. The molecule has 6 nitrogen and oxygen atoms in total. The number of hydrogen-bond acceptors (Lipinski definition) is 6. The van der Waals surface area contributed by atoms with E-state index in [1.807, 2.05) is 44.2 Å². The second kappa shape index (κ2) is 12.6. The van der Waals surface area contributed by atoms with E-state index in [0.717, 1.165) is 52.8 Å². The standard InChI is InChI=1S/C30H38O6/c1-6-8-16-33-26(31)19-35-28-22-12-10-11-13-23(22)29(36-20-27(32)34-17-9-7-2)25-18-21(30(3,4)5)14-15-24(25)28/h10-15,18H,6-9,16-17,19-20H2,1-5H3. The molecule has 0 unspecified atom stereocenters. The van der Waals surface area contributed by atoms with Gasteiger partial charge >= 0.3 is 11.9 Å². The van der Waals surface area contributed by atoms with Gasteiger partial charge in [-0.1, -0.05) is 83.9 Å². The number of carbonyl (C=O) groups excluding carboxylic acids is 2. The van der Waals surface area contributed by atoms with Gasteiger partial charge in [0.25, 0.3) is 0 Å². The Morgan fingerprint density at radius 2 is 1.17 bits per heavy atom. The van der Waals surface area contributed by atoms with Crippen LogP contribution in [0.4, 0.5) is 0 Å². The van der Waals surface area contributed by atoms with Gasteiger partial charge in [0, 0.05) is 21.5 Å². The van der Waals surface area contributed by atoms with E-state index in [9.17, 15) is 9.59 Å². The highest BCUT2D eigenvalue weighted by molar-refractivity contribution is 6.11. The van der Waals surface area contributed by atoms with Crippen molar-refractivity contribution in [3.8, 4) is 11.5 Å². The summed E-state index contributed by atoms with van der Waals surface area (Å²) < 4.78 is 22.8. The summed E-state index contributed by atoms with van der Waals surface area (Å²) in [6.07, 6.45) is 3.54. The quantitative estimate of drug-likeness (QED) is 0.158. The average molecular weight is 495 g/mol. The van der Waals surface area contributed by atoms with Gasteiger partial charge in [0.2, 0.25) is 0 Å². The first kappa shape index (κ1) is 27.3.